The molecule has 2 nitrogen and oxygen atoms in total. The molecule has 3 heteroatoms. The third kappa shape index (κ3) is 2.74. The maximum absolute atomic E-state index is 6.19. The van der Waals surface area contributed by atoms with Crippen molar-refractivity contribution in [1.82, 2.24) is 0 Å². The van der Waals surface area contributed by atoms with E-state index in [0.717, 1.165) is 11.8 Å². The van der Waals surface area contributed by atoms with Crippen LogP contribution in [0.1, 0.15) is 45.4 Å². The number of thiol groups is 1. The highest BCUT2D eigenvalue weighted by molar-refractivity contribution is 7.81. The Morgan fingerprint density at radius 3 is 2.00 bits per heavy atom. The molecule has 0 aromatic carbocycles. The molecule has 6 unspecified atom stereocenters. The lowest BCUT2D eigenvalue weighted by atomic mass is 9.69. The van der Waals surface area contributed by atoms with Crippen LogP contribution in [0.15, 0.2) is 0 Å². The Hall–Kier alpha value is 0.270. The summed E-state index contributed by atoms with van der Waals surface area (Å²) < 4.78 is 0. The summed E-state index contributed by atoms with van der Waals surface area (Å²) in [5, 5.41) is 0.424. The second-order valence-electron chi connectivity index (χ2n) is 6.02. The average molecular weight is 242 g/mol. The molecule has 0 radical (unpaired) electrons. The van der Waals surface area contributed by atoms with Crippen LogP contribution in [0.4, 0.5) is 0 Å². The zero-order chi connectivity index (χ0) is 11.7. The van der Waals surface area contributed by atoms with Crippen molar-refractivity contribution >= 4 is 12.6 Å². The number of hydrogen-bond donors (Lipinski definition) is 3. The topological polar surface area (TPSA) is 52.0 Å². The lowest BCUT2D eigenvalue weighted by Crippen LogP contribution is -2.43. The molecule has 0 heterocycles. The van der Waals surface area contributed by atoms with Gasteiger partial charge in [0, 0.05) is 17.3 Å². The van der Waals surface area contributed by atoms with Gasteiger partial charge in [0.1, 0.15) is 0 Å². The molecule has 2 fully saturated rings. The fourth-order valence-corrected chi connectivity index (χ4v) is 3.74. The molecule has 94 valence electrons. The van der Waals surface area contributed by atoms with Gasteiger partial charge in [0.15, 0.2) is 0 Å². The first-order valence-electron chi connectivity index (χ1n) is 6.77. The van der Waals surface area contributed by atoms with Crippen LogP contribution >= 0.6 is 12.6 Å². The molecule has 0 bridgehead atoms. The minimum atomic E-state index is 0.303. The largest absolute Gasteiger partial charge is 0.327 e. The van der Waals surface area contributed by atoms with Gasteiger partial charge < -0.3 is 11.5 Å². The van der Waals surface area contributed by atoms with Crippen LogP contribution in [0.5, 0.6) is 0 Å². The predicted molar refractivity (Wildman–Crippen MR) is 72.6 cm³/mol. The molecule has 0 aliphatic heterocycles. The summed E-state index contributed by atoms with van der Waals surface area (Å²) in [6, 6.07) is 0.723. The smallest absolute Gasteiger partial charge is 0.0169 e. The fourth-order valence-electron chi connectivity index (χ4n) is 3.47. The molecule has 2 aliphatic carbocycles. The maximum atomic E-state index is 6.19. The minimum Gasteiger partial charge on any atom is -0.327 e. The Morgan fingerprint density at radius 1 is 0.875 bits per heavy atom. The van der Waals surface area contributed by atoms with Gasteiger partial charge in [-0.2, -0.15) is 12.6 Å². The van der Waals surface area contributed by atoms with Crippen LogP contribution < -0.4 is 11.5 Å². The van der Waals surface area contributed by atoms with Crippen molar-refractivity contribution in [3.05, 3.63) is 0 Å². The van der Waals surface area contributed by atoms with E-state index in [0.29, 0.717) is 23.3 Å². The van der Waals surface area contributed by atoms with Crippen LogP contribution in [0.3, 0.4) is 0 Å². The van der Waals surface area contributed by atoms with Crippen LogP contribution in [0, 0.1) is 17.8 Å². The van der Waals surface area contributed by atoms with Crippen LogP contribution in [-0.2, 0) is 0 Å². The van der Waals surface area contributed by atoms with Gasteiger partial charge in [-0.05, 0) is 56.3 Å². The average Bonchev–Trinajstić information content (AvgIpc) is 2.26. The Morgan fingerprint density at radius 2 is 1.44 bits per heavy atom. The Balaban J connectivity index is 1.88. The first kappa shape index (κ1) is 12.7. The van der Waals surface area contributed by atoms with Crippen molar-refractivity contribution < 1.29 is 0 Å². The summed E-state index contributed by atoms with van der Waals surface area (Å²) >= 11 is 4.54. The van der Waals surface area contributed by atoms with Gasteiger partial charge in [-0.1, -0.05) is 6.92 Å². The number of hydrogen-bond acceptors (Lipinski definition) is 3. The van der Waals surface area contributed by atoms with Gasteiger partial charge in [-0.25, -0.2) is 0 Å². The van der Waals surface area contributed by atoms with E-state index >= 15 is 0 Å². The molecular formula is C13H26N2S. The molecule has 0 spiro atoms. The summed E-state index contributed by atoms with van der Waals surface area (Å²) in [6.45, 7) is 2.29. The van der Waals surface area contributed by atoms with E-state index in [4.69, 9.17) is 11.5 Å². The second-order valence-corrected chi connectivity index (χ2v) is 6.68. The molecule has 0 saturated heterocycles. The molecule has 0 aromatic rings. The molecule has 2 aliphatic rings. The van der Waals surface area contributed by atoms with Crippen molar-refractivity contribution in [2.75, 3.05) is 0 Å². The highest BCUT2D eigenvalue weighted by Crippen LogP contribution is 2.40. The van der Waals surface area contributed by atoms with Crippen LogP contribution in [0.25, 0.3) is 0 Å². The molecular weight excluding hydrogens is 216 g/mol. The van der Waals surface area contributed by atoms with Gasteiger partial charge >= 0.3 is 0 Å². The lowest BCUT2D eigenvalue weighted by molar-refractivity contribution is 0.150. The van der Waals surface area contributed by atoms with Gasteiger partial charge in [0.05, 0.1) is 0 Å². The molecule has 6 atom stereocenters. The zero-order valence-corrected chi connectivity index (χ0v) is 11.2. The second kappa shape index (κ2) is 5.28. The van der Waals surface area contributed by atoms with Gasteiger partial charge in [-0.3, -0.25) is 0 Å². The maximum Gasteiger partial charge on any atom is 0.0169 e. The molecule has 0 aromatic heterocycles. The monoisotopic (exact) mass is 242 g/mol. The number of nitrogens with two attached hydrogens (primary N) is 2. The summed E-state index contributed by atoms with van der Waals surface area (Å²) in [7, 11) is 0. The van der Waals surface area contributed by atoms with Crippen molar-refractivity contribution in [2.24, 2.45) is 29.2 Å². The van der Waals surface area contributed by atoms with Gasteiger partial charge in [0.2, 0.25) is 0 Å². The van der Waals surface area contributed by atoms with Crippen molar-refractivity contribution in [3.8, 4) is 0 Å². The summed E-state index contributed by atoms with van der Waals surface area (Å²) in [5.41, 5.74) is 12.3. The third-order valence-electron chi connectivity index (χ3n) is 4.87. The predicted octanol–water partition coefficient (Wildman–Crippen LogP) is 2.18. The van der Waals surface area contributed by atoms with E-state index in [1.165, 1.54) is 38.5 Å². The van der Waals surface area contributed by atoms with E-state index in [-0.39, 0.29) is 0 Å². The summed E-state index contributed by atoms with van der Waals surface area (Å²) in [6.07, 6.45) is 7.56. The normalized spacial score (nSPS) is 50.2. The van der Waals surface area contributed by atoms with Gasteiger partial charge in [-0.15, -0.1) is 0 Å². The third-order valence-corrected chi connectivity index (χ3v) is 5.51. The van der Waals surface area contributed by atoms with Crippen LogP contribution in [-0.4, -0.2) is 17.3 Å². The Labute approximate surface area is 105 Å². The number of rotatable bonds is 1. The zero-order valence-electron chi connectivity index (χ0n) is 10.3. The highest BCUT2D eigenvalue weighted by Gasteiger charge is 2.34. The van der Waals surface area contributed by atoms with Crippen LogP contribution in [0.2, 0.25) is 0 Å². The SMILES string of the molecule is CC1CCC(C2CCC(S)C(N)C2)CC1N. The van der Waals surface area contributed by atoms with Crippen molar-refractivity contribution in [3.63, 3.8) is 0 Å². The lowest BCUT2D eigenvalue weighted by Gasteiger charge is -2.41. The minimum absolute atomic E-state index is 0.303. The molecule has 0 amide bonds. The van der Waals surface area contributed by atoms with E-state index in [2.05, 4.69) is 19.6 Å². The first-order valence-corrected chi connectivity index (χ1v) is 7.28. The molecule has 4 N–H and O–H groups in total. The molecule has 16 heavy (non-hydrogen) atoms. The summed E-state index contributed by atoms with van der Waals surface area (Å²) in [4.78, 5) is 0. The first-order chi connectivity index (χ1) is 7.58. The van der Waals surface area contributed by atoms with E-state index in [1.54, 1.807) is 0 Å². The quantitative estimate of drug-likeness (QED) is 0.617. The van der Waals surface area contributed by atoms with E-state index in [9.17, 15) is 0 Å². The van der Waals surface area contributed by atoms with Crippen molar-refractivity contribution in [1.29, 1.82) is 0 Å². The Bertz CT molecular complexity index is 210. The summed E-state index contributed by atoms with van der Waals surface area (Å²) in [5.74, 6) is 2.36. The molecule has 2 rings (SSSR count). The standard InChI is InChI=1S/C13H26N2S/c1-8-2-3-9(6-11(8)14)10-4-5-13(16)12(15)7-10/h8-13,16H,2-7,14-15H2,1H3. The van der Waals surface area contributed by atoms with E-state index in [1.807, 2.05) is 0 Å². The van der Waals surface area contributed by atoms with Gasteiger partial charge in [0.25, 0.3) is 0 Å². The van der Waals surface area contributed by atoms with Crippen molar-refractivity contribution in [2.45, 2.75) is 62.8 Å². The molecule has 2 saturated carbocycles. The van der Waals surface area contributed by atoms with E-state index < -0.39 is 0 Å². The fraction of sp³-hybridized carbons (Fsp3) is 1.00. The Kier molecular flexibility index (Phi) is 4.20. The highest BCUT2D eigenvalue weighted by atomic mass is 32.1.